The molecule has 1 saturated heterocycles. The molecule has 1 fully saturated rings. The summed E-state index contributed by atoms with van der Waals surface area (Å²) in [6, 6.07) is 5.86. The molecule has 1 heterocycles. The number of sulfonamides is 1. The van der Waals surface area contributed by atoms with Crippen molar-refractivity contribution in [1.29, 1.82) is 0 Å². The first-order valence-corrected chi connectivity index (χ1v) is 7.89. The number of aryl methyl sites for hydroxylation is 1. The summed E-state index contributed by atoms with van der Waals surface area (Å²) in [6.45, 7) is 5.58. The number of nitrogens with one attached hydrogen (secondary N) is 2. The van der Waals surface area contributed by atoms with E-state index >= 15 is 0 Å². The number of hydrogen-bond donors (Lipinski definition) is 2. The highest BCUT2D eigenvalue weighted by Crippen LogP contribution is 2.28. The van der Waals surface area contributed by atoms with Crippen LogP contribution in [0.2, 0.25) is 0 Å². The molecule has 0 amide bonds. The van der Waals surface area contributed by atoms with Gasteiger partial charge < -0.3 is 10.2 Å². The van der Waals surface area contributed by atoms with Gasteiger partial charge >= 0.3 is 0 Å². The standard InChI is InChI=1S/C12H19N3O2S/c1-10-3-4-12(15-7-5-13-6-8-15)11(9-10)14-18(2,16)17/h3-4,9,13-14H,5-8H2,1-2H3. The average molecular weight is 269 g/mol. The first-order chi connectivity index (χ1) is 8.46. The maximum absolute atomic E-state index is 11.4. The van der Waals surface area contributed by atoms with Gasteiger partial charge in [-0.25, -0.2) is 8.42 Å². The van der Waals surface area contributed by atoms with E-state index in [1.807, 2.05) is 25.1 Å². The van der Waals surface area contributed by atoms with Gasteiger partial charge in [-0.3, -0.25) is 4.72 Å². The Labute approximate surface area is 108 Å². The lowest BCUT2D eigenvalue weighted by atomic mass is 10.1. The van der Waals surface area contributed by atoms with E-state index in [2.05, 4.69) is 14.9 Å². The Bertz CT molecular complexity index is 522. The third kappa shape index (κ3) is 3.36. The maximum atomic E-state index is 11.4. The van der Waals surface area contributed by atoms with Gasteiger partial charge in [0.05, 0.1) is 17.6 Å². The molecule has 0 aliphatic carbocycles. The summed E-state index contributed by atoms with van der Waals surface area (Å²) >= 11 is 0. The molecule has 5 nitrogen and oxygen atoms in total. The molecule has 0 spiro atoms. The number of hydrogen-bond acceptors (Lipinski definition) is 4. The van der Waals surface area contributed by atoms with Gasteiger partial charge in [0, 0.05) is 26.2 Å². The molecule has 2 rings (SSSR count). The maximum Gasteiger partial charge on any atom is 0.229 e. The number of piperazine rings is 1. The lowest BCUT2D eigenvalue weighted by Crippen LogP contribution is -2.43. The second-order valence-corrected chi connectivity index (χ2v) is 6.38. The van der Waals surface area contributed by atoms with Crippen molar-refractivity contribution in [2.24, 2.45) is 0 Å². The van der Waals surface area contributed by atoms with E-state index in [1.54, 1.807) is 0 Å². The average Bonchev–Trinajstić information content (AvgIpc) is 2.28. The monoisotopic (exact) mass is 269 g/mol. The van der Waals surface area contributed by atoms with E-state index in [-0.39, 0.29) is 0 Å². The lowest BCUT2D eigenvalue weighted by Gasteiger charge is -2.31. The Morgan fingerprint density at radius 1 is 1.28 bits per heavy atom. The summed E-state index contributed by atoms with van der Waals surface area (Å²) in [5, 5.41) is 3.28. The molecule has 1 aliphatic rings. The number of benzene rings is 1. The van der Waals surface area contributed by atoms with Crippen LogP contribution in [0.4, 0.5) is 11.4 Å². The molecule has 0 bridgehead atoms. The van der Waals surface area contributed by atoms with E-state index in [4.69, 9.17) is 0 Å². The van der Waals surface area contributed by atoms with Crippen molar-refractivity contribution in [1.82, 2.24) is 5.32 Å². The molecule has 1 aromatic carbocycles. The largest absolute Gasteiger partial charge is 0.367 e. The summed E-state index contributed by atoms with van der Waals surface area (Å²) in [4.78, 5) is 2.20. The third-order valence-corrected chi connectivity index (χ3v) is 3.50. The Kier molecular flexibility index (Phi) is 3.77. The lowest BCUT2D eigenvalue weighted by molar-refractivity contribution is 0.589. The Hall–Kier alpha value is -1.27. The van der Waals surface area contributed by atoms with E-state index in [9.17, 15) is 8.42 Å². The summed E-state index contributed by atoms with van der Waals surface area (Å²) in [5.41, 5.74) is 2.66. The fourth-order valence-electron chi connectivity index (χ4n) is 2.11. The van der Waals surface area contributed by atoms with Gasteiger partial charge in [0.1, 0.15) is 0 Å². The van der Waals surface area contributed by atoms with Gasteiger partial charge in [-0.1, -0.05) is 6.07 Å². The molecule has 0 radical (unpaired) electrons. The highest BCUT2D eigenvalue weighted by molar-refractivity contribution is 7.92. The van der Waals surface area contributed by atoms with Crippen molar-refractivity contribution < 1.29 is 8.42 Å². The van der Waals surface area contributed by atoms with Crippen LogP contribution in [0.5, 0.6) is 0 Å². The van der Waals surface area contributed by atoms with E-state index in [1.165, 1.54) is 6.26 Å². The highest BCUT2D eigenvalue weighted by Gasteiger charge is 2.16. The minimum Gasteiger partial charge on any atom is -0.367 e. The number of anilines is 2. The van der Waals surface area contributed by atoms with Crippen LogP contribution in [0.15, 0.2) is 18.2 Å². The Morgan fingerprint density at radius 3 is 2.56 bits per heavy atom. The molecule has 1 aromatic rings. The molecule has 2 N–H and O–H groups in total. The van der Waals surface area contributed by atoms with Crippen LogP contribution in [0.25, 0.3) is 0 Å². The van der Waals surface area contributed by atoms with Gasteiger partial charge in [-0.2, -0.15) is 0 Å². The first-order valence-electron chi connectivity index (χ1n) is 6.00. The first kappa shape index (κ1) is 13.2. The number of rotatable bonds is 3. The summed E-state index contributed by atoms with van der Waals surface area (Å²) in [7, 11) is -3.25. The van der Waals surface area contributed by atoms with Gasteiger partial charge in [0.25, 0.3) is 0 Å². The SMILES string of the molecule is Cc1ccc(N2CCNCC2)c(NS(C)(=O)=O)c1. The topological polar surface area (TPSA) is 61.4 Å². The predicted octanol–water partition coefficient (Wildman–Crippen LogP) is 0.776. The zero-order valence-corrected chi connectivity index (χ0v) is 11.5. The van der Waals surface area contributed by atoms with Crippen molar-refractivity contribution in [2.45, 2.75) is 6.92 Å². The van der Waals surface area contributed by atoms with Crippen molar-refractivity contribution in [3.63, 3.8) is 0 Å². The van der Waals surface area contributed by atoms with Crippen molar-refractivity contribution >= 4 is 21.4 Å². The molecule has 0 unspecified atom stereocenters. The van der Waals surface area contributed by atoms with Crippen molar-refractivity contribution in [3.8, 4) is 0 Å². The molecular formula is C12H19N3O2S. The Balaban J connectivity index is 2.33. The molecule has 18 heavy (non-hydrogen) atoms. The van der Waals surface area contributed by atoms with Crippen LogP contribution in [-0.4, -0.2) is 40.9 Å². The van der Waals surface area contributed by atoms with Gasteiger partial charge in [-0.15, -0.1) is 0 Å². The summed E-state index contributed by atoms with van der Waals surface area (Å²) < 4.78 is 25.4. The molecule has 1 aliphatic heterocycles. The predicted molar refractivity (Wildman–Crippen MR) is 74.7 cm³/mol. The van der Waals surface area contributed by atoms with Crippen LogP contribution in [0.3, 0.4) is 0 Å². The van der Waals surface area contributed by atoms with Crippen LogP contribution >= 0.6 is 0 Å². The van der Waals surface area contributed by atoms with E-state index in [0.717, 1.165) is 37.4 Å². The fraction of sp³-hybridized carbons (Fsp3) is 0.500. The fourth-order valence-corrected chi connectivity index (χ4v) is 2.68. The molecule has 0 atom stereocenters. The molecule has 0 saturated carbocycles. The van der Waals surface area contributed by atoms with Crippen molar-refractivity contribution in [3.05, 3.63) is 23.8 Å². The second kappa shape index (κ2) is 5.16. The molecular weight excluding hydrogens is 250 g/mol. The quantitative estimate of drug-likeness (QED) is 0.851. The molecule has 6 heteroatoms. The number of nitrogens with zero attached hydrogens (tertiary/aromatic N) is 1. The zero-order valence-electron chi connectivity index (χ0n) is 10.7. The van der Waals surface area contributed by atoms with Gasteiger partial charge in [0.2, 0.25) is 10.0 Å². The van der Waals surface area contributed by atoms with E-state index in [0.29, 0.717) is 5.69 Å². The van der Waals surface area contributed by atoms with Crippen LogP contribution in [0.1, 0.15) is 5.56 Å². The Morgan fingerprint density at radius 2 is 1.94 bits per heavy atom. The molecule has 0 aromatic heterocycles. The van der Waals surface area contributed by atoms with Crippen LogP contribution in [0, 0.1) is 6.92 Å². The van der Waals surface area contributed by atoms with Gasteiger partial charge in [0.15, 0.2) is 0 Å². The normalized spacial score (nSPS) is 16.7. The third-order valence-electron chi connectivity index (χ3n) is 2.91. The molecule has 100 valence electrons. The summed E-state index contributed by atoms with van der Waals surface area (Å²) in [6.07, 6.45) is 1.18. The van der Waals surface area contributed by atoms with Crippen LogP contribution in [-0.2, 0) is 10.0 Å². The minimum absolute atomic E-state index is 0.666. The van der Waals surface area contributed by atoms with Gasteiger partial charge in [-0.05, 0) is 24.6 Å². The van der Waals surface area contributed by atoms with Crippen molar-refractivity contribution in [2.75, 3.05) is 42.1 Å². The van der Waals surface area contributed by atoms with Crippen LogP contribution < -0.4 is 14.9 Å². The summed E-state index contributed by atoms with van der Waals surface area (Å²) in [5.74, 6) is 0. The zero-order chi connectivity index (χ0) is 13.2. The highest BCUT2D eigenvalue weighted by atomic mass is 32.2. The smallest absolute Gasteiger partial charge is 0.229 e. The minimum atomic E-state index is -3.25. The second-order valence-electron chi connectivity index (χ2n) is 4.63. The van der Waals surface area contributed by atoms with E-state index < -0.39 is 10.0 Å².